The Morgan fingerprint density at radius 1 is 1.09 bits per heavy atom. The van der Waals surface area contributed by atoms with Crippen LogP contribution in [0.15, 0.2) is 36.5 Å². The Labute approximate surface area is 212 Å². The average molecular weight is 504 g/mol. The van der Waals surface area contributed by atoms with Gasteiger partial charge in [0.05, 0.1) is 24.4 Å². The maximum atomic E-state index is 13.3. The number of carbonyl (C=O) groups excluding carboxylic acids is 1. The summed E-state index contributed by atoms with van der Waals surface area (Å²) in [5, 5.41) is 0.667. The molecule has 1 aliphatic carbocycles. The quantitative estimate of drug-likeness (QED) is 0.446. The van der Waals surface area contributed by atoms with Crippen molar-refractivity contribution in [3.05, 3.63) is 52.7 Å². The van der Waals surface area contributed by atoms with E-state index >= 15 is 0 Å². The van der Waals surface area contributed by atoms with Crippen LogP contribution in [0, 0.1) is 5.92 Å². The number of likely N-dealkylation sites (tertiary alicyclic amines) is 1. The van der Waals surface area contributed by atoms with E-state index in [1.165, 1.54) is 12.8 Å². The van der Waals surface area contributed by atoms with Gasteiger partial charge in [-0.1, -0.05) is 18.5 Å². The van der Waals surface area contributed by atoms with E-state index in [0.29, 0.717) is 35.2 Å². The Balaban J connectivity index is 0.00000274. The lowest BCUT2D eigenvalue weighted by molar-refractivity contribution is 0.0996. The van der Waals surface area contributed by atoms with Gasteiger partial charge in [-0.2, -0.15) is 0 Å². The van der Waals surface area contributed by atoms with Gasteiger partial charge in [-0.05, 0) is 56.1 Å². The highest BCUT2D eigenvalue weighted by Gasteiger charge is 2.35. The van der Waals surface area contributed by atoms with Crippen LogP contribution in [0.1, 0.15) is 35.7 Å². The summed E-state index contributed by atoms with van der Waals surface area (Å²) in [6, 6.07) is 9.47. The van der Waals surface area contributed by atoms with E-state index in [9.17, 15) is 4.79 Å². The van der Waals surface area contributed by atoms with Crippen molar-refractivity contribution in [2.45, 2.75) is 26.3 Å². The predicted octanol–water partition coefficient (Wildman–Crippen LogP) is 5.48. The minimum atomic E-state index is -0.0178. The minimum absolute atomic E-state index is 0. The molecule has 1 saturated heterocycles. The van der Waals surface area contributed by atoms with E-state index in [0.717, 1.165) is 48.1 Å². The lowest BCUT2D eigenvalue weighted by Crippen LogP contribution is -2.35. The highest BCUT2D eigenvalue weighted by molar-refractivity contribution is 6.33. The summed E-state index contributed by atoms with van der Waals surface area (Å²) in [7, 11) is 3.62. The molecule has 0 saturated carbocycles. The summed E-state index contributed by atoms with van der Waals surface area (Å²) < 4.78 is 13.7. The molecule has 0 atom stereocenters. The molecular formula is C26H31Cl2N3O3. The number of hydrogen-bond acceptors (Lipinski definition) is 4. The van der Waals surface area contributed by atoms with E-state index < -0.39 is 0 Å². The summed E-state index contributed by atoms with van der Waals surface area (Å²) in [6.07, 6.45) is 4.42. The topological polar surface area (TPSA) is 46.9 Å². The summed E-state index contributed by atoms with van der Waals surface area (Å²) in [5.74, 6) is 2.14. The van der Waals surface area contributed by atoms with E-state index in [1.54, 1.807) is 12.0 Å². The molecule has 3 aliphatic heterocycles. The van der Waals surface area contributed by atoms with Crippen LogP contribution < -0.4 is 14.4 Å². The van der Waals surface area contributed by atoms with E-state index in [-0.39, 0.29) is 18.3 Å². The fourth-order valence-electron chi connectivity index (χ4n) is 4.97. The lowest BCUT2D eigenvalue weighted by Gasteiger charge is -2.30. The molecule has 1 aromatic carbocycles. The molecule has 1 fully saturated rings. The summed E-state index contributed by atoms with van der Waals surface area (Å²) in [4.78, 5) is 17.5. The second kappa shape index (κ2) is 10.1. The van der Waals surface area contributed by atoms with Crippen molar-refractivity contribution in [2.75, 3.05) is 38.3 Å². The largest absolute Gasteiger partial charge is 0.493 e. The van der Waals surface area contributed by atoms with E-state index in [1.807, 2.05) is 48.1 Å². The molecule has 0 N–H and O–H groups in total. The van der Waals surface area contributed by atoms with Crippen molar-refractivity contribution in [1.29, 1.82) is 0 Å². The Kier molecular flexibility index (Phi) is 7.31. The van der Waals surface area contributed by atoms with Crippen LogP contribution in [0.2, 0.25) is 5.02 Å². The van der Waals surface area contributed by atoms with Gasteiger partial charge in [0.1, 0.15) is 6.61 Å². The number of methoxy groups -OCH3 is 1. The van der Waals surface area contributed by atoms with E-state index in [4.69, 9.17) is 21.1 Å². The third kappa shape index (κ3) is 4.47. The molecule has 0 unspecified atom stereocenters. The molecule has 1 amide bonds. The molecule has 0 spiro atoms. The van der Waals surface area contributed by atoms with Crippen molar-refractivity contribution in [3.63, 3.8) is 0 Å². The smallest absolute Gasteiger partial charge is 0.259 e. The molecule has 0 aromatic heterocycles. The number of anilines is 1. The number of benzene rings is 1. The fraction of sp³-hybridized carbons (Fsp3) is 0.423. The van der Waals surface area contributed by atoms with E-state index in [2.05, 4.69) is 11.8 Å². The zero-order chi connectivity index (χ0) is 23.1. The molecule has 5 rings (SSSR count). The normalized spacial score (nSPS) is 16.6. The maximum absolute atomic E-state index is 13.3. The van der Waals surface area contributed by atoms with Crippen LogP contribution in [0.3, 0.4) is 0 Å². The predicted molar refractivity (Wildman–Crippen MR) is 138 cm³/mol. The number of amides is 1. The highest BCUT2D eigenvalue weighted by Crippen LogP contribution is 2.43. The van der Waals surface area contributed by atoms with Gasteiger partial charge >= 0.3 is 0 Å². The maximum Gasteiger partial charge on any atom is 0.259 e. The van der Waals surface area contributed by atoms with Crippen molar-refractivity contribution in [3.8, 4) is 22.8 Å². The first-order valence-electron chi connectivity index (χ1n) is 11.6. The number of piperidine rings is 1. The minimum Gasteiger partial charge on any atom is -0.493 e. The van der Waals surface area contributed by atoms with Crippen molar-refractivity contribution >= 4 is 35.6 Å². The fourth-order valence-corrected chi connectivity index (χ4v) is 5.17. The number of halogens is 2. The van der Waals surface area contributed by atoms with Crippen molar-refractivity contribution < 1.29 is 14.3 Å². The van der Waals surface area contributed by atoms with Crippen molar-refractivity contribution in [2.24, 2.45) is 13.0 Å². The summed E-state index contributed by atoms with van der Waals surface area (Å²) in [6.45, 7) is 6.55. The number of carbonyl (C=O) groups is 1. The first kappa shape index (κ1) is 24.7. The zero-order valence-corrected chi connectivity index (χ0v) is 21.4. The van der Waals surface area contributed by atoms with Gasteiger partial charge in [0.15, 0.2) is 11.5 Å². The monoisotopic (exact) mass is 503 g/mol. The number of aromatic nitrogens is 1. The first-order chi connectivity index (χ1) is 16.0. The Hall–Kier alpha value is -2.41. The molecule has 6 nitrogen and oxygen atoms in total. The SMILES string of the molecule is COc1ccc(N2Cc3c(cc4c(Cl)ccn(C)c3-4)C2=O)cc1OCCN1CCC(C)CC1.Cl. The number of ether oxygens (including phenoxy) is 2. The van der Waals surface area contributed by atoms with Gasteiger partial charge in [-0.15, -0.1) is 12.4 Å². The summed E-state index contributed by atoms with van der Waals surface area (Å²) >= 11 is 6.39. The third-order valence-electron chi connectivity index (χ3n) is 7.00. The number of aryl methyl sites for hydroxylation is 1. The lowest BCUT2D eigenvalue weighted by atomic mass is 9.99. The molecule has 34 heavy (non-hydrogen) atoms. The summed E-state index contributed by atoms with van der Waals surface area (Å²) in [5.41, 5.74) is 4.46. The molecule has 0 radical (unpaired) electrons. The zero-order valence-electron chi connectivity index (χ0n) is 19.8. The number of fused-ring (bicyclic) bond motifs is 3. The molecule has 8 heteroatoms. The van der Waals surface area contributed by atoms with Crippen LogP contribution >= 0.6 is 24.0 Å². The molecular weight excluding hydrogens is 473 g/mol. The second-order valence-corrected chi connectivity index (χ2v) is 9.58. The Bertz CT molecular complexity index is 1150. The molecule has 4 aliphatic rings. The third-order valence-corrected chi connectivity index (χ3v) is 7.33. The average Bonchev–Trinajstić information content (AvgIpc) is 3.35. The number of hydrogen-bond donors (Lipinski definition) is 0. The van der Waals surface area contributed by atoms with Crippen LogP contribution in [-0.2, 0) is 13.6 Å². The van der Waals surface area contributed by atoms with Crippen LogP contribution in [0.25, 0.3) is 11.3 Å². The van der Waals surface area contributed by atoms with Crippen LogP contribution in [0.4, 0.5) is 5.69 Å². The first-order valence-corrected chi connectivity index (χ1v) is 12.0. The van der Waals surface area contributed by atoms with Crippen LogP contribution in [0.5, 0.6) is 11.5 Å². The number of rotatable bonds is 6. The molecule has 182 valence electrons. The highest BCUT2D eigenvalue weighted by atomic mass is 35.5. The van der Waals surface area contributed by atoms with Gasteiger partial charge in [-0.25, -0.2) is 0 Å². The molecule has 0 bridgehead atoms. The van der Waals surface area contributed by atoms with Gasteiger partial charge in [0.25, 0.3) is 5.91 Å². The van der Waals surface area contributed by atoms with Gasteiger partial charge in [-0.3, -0.25) is 9.69 Å². The Morgan fingerprint density at radius 2 is 1.85 bits per heavy atom. The van der Waals surface area contributed by atoms with Crippen LogP contribution in [-0.4, -0.2) is 48.7 Å². The Morgan fingerprint density at radius 3 is 2.59 bits per heavy atom. The second-order valence-electron chi connectivity index (χ2n) is 9.17. The van der Waals surface area contributed by atoms with Gasteiger partial charge < -0.3 is 18.9 Å². The van der Waals surface area contributed by atoms with Gasteiger partial charge in [0.2, 0.25) is 0 Å². The molecule has 1 aromatic rings. The molecule has 3 heterocycles. The number of nitrogens with zero attached hydrogens (tertiary/aromatic N) is 3. The van der Waals surface area contributed by atoms with Gasteiger partial charge in [0, 0.05) is 48.2 Å². The number of pyridine rings is 1. The van der Waals surface area contributed by atoms with Crippen molar-refractivity contribution in [1.82, 2.24) is 9.47 Å². The standard InChI is InChI=1S/C26H30ClN3O3.ClH/c1-17-6-10-29(11-7-17)12-13-33-24-14-18(4-5-23(24)32-3)30-16-21-19(26(30)31)15-20-22(27)8-9-28(2)25(20)21;/h4-5,8-9,14-15,17H,6-7,10-13,16H2,1-3H3;1H.